The quantitative estimate of drug-likeness (QED) is 0.349. The molecule has 2 radical (unpaired) electrons. The van der Waals surface area contributed by atoms with Crippen LogP contribution in [-0.4, -0.2) is 35.6 Å². The van der Waals surface area contributed by atoms with Gasteiger partial charge in [0.25, 0.3) is 0 Å². The van der Waals surface area contributed by atoms with Crippen LogP contribution in [0, 0.1) is 0 Å². The molecule has 0 bridgehead atoms. The summed E-state index contributed by atoms with van der Waals surface area (Å²) in [6.45, 7) is 6.24. The highest BCUT2D eigenvalue weighted by atomic mass is 28.2. The number of nitrogens with two attached hydrogens (primary N) is 1. The maximum absolute atomic E-state index is 5.42. The van der Waals surface area contributed by atoms with E-state index in [4.69, 9.17) is 15.2 Å². The summed E-state index contributed by atoms with van der Waals surface area (Å²) >= 11 is 0. The molecule has 0 spiro atoms. The molecule has 0 saturated carbocycles. The van der Waals surface area contributed by atoms with Crippen molar-refractivity contribution < 1.29 is 9.47 Å². The van der Waals surface area contributed by atoms with E-state index in [1.807, 2.05) is 13.8 Å². The first-order valence-corrected chi connectivity index (χ1v) is 6.40. The van der Waals surface area contributed by atoms with E-state index in [1.165, 1.54) is 6.04 Å². The fourth-order valence-electron chi connectivity index (χ4n) is 0.985. The van der Waals surface area contributed by atoms with E-state index in [9.17, 15) is 0 Å². The first-order chi connectivity index (χ1) is 6.35. The first-order valence-electron chi connectivity index (χ1n) is 4.99. The molecule has 0 aromatic rings. The van der Waals surface area contributed by atoms with Crippen LogP contribution in [0.2, 0.25) is 12.1 Å². The van der Waals surface area contributed by atoms with Crippen molar-refractivity contribution in [1.29, 1.82) is 0 Å². The molecule has 0 rings (SSSR count). The second kappa shape index (κ2) is 10.2. The lowest BCUT2D eigenvalue weighted by molar-refractivity contribution is -0.123. The Morgan fingerprint density at radius 2 is 1.85 bits per heavy atom. The van der Waals surface area contributed by atoms with Crippen LogP contribution in [0.1, 0.15) is 20.3 Å². The van der Waals surface area contributed by atoms with E-state index in [2.05, 4.69) is 0 Å². The lowest BCUT2D eigenvalue weighted by atomic mass is 10.5. The normalized spacial score (nSPS) is 11.1. The van der Waals surface area contributed by atoms with E-state index >= 15 is 0 Å². The van der Waals surface area contributed by atoms with Gasteiger partial charge in [0.2, 0.25) is 0 Å². The molecule has 0 aromatic heterocycles. The van der Waals surface area contributed by atoms with Crippen LogP contribution in [0.5, 0.6) is 0 Å². The lowest BCUT2D eigenvalue weighted by Crippen LogP contribution is -2.19. The summed E-state index contributed by atoms with van der Waals surface area (Å²) < 4.78 is 10.8. The summed E-state index contributed by atoms with van der Waals surface area (Å²) in [7, 11) is 0.909. The van der Waals surface area contributed by atoms with Crippen LogP contribution in [0.4, 0.5) is 0 Å². The second-order valence-corrected chi connectivity index (χ2v) is 4.09. The van der Waals surface area contributed by atoms with Gasteiger partial charge >= 0.3 is 0 Å². The molecule has 0 aliphatic carbocycles. The summed E-state index contributed by atoms with van der Waals surface area (Å²) in [5.74, 6) is 0. The van der Waals surface area contributed by atoms with E-state index in [1.54, 1.807) is 0 Å². The fourth-order valence-corrected chi connectivity index (χ4v) is 2.11. The molecule has 0 unspecified atom stereocenters. The van der Waals surface area contributed by atoms with Gasteiger partial charge in [-0.15, -0.1) is 0 Å². The molecule has 2 N–H and O–H groups in total. The summed E-state index contributed by atoms with van der Waals surface area (Å²) in [6, 6.07) is 2.22. The third-order valence-corrected chi connectivity index (χ3v) is 2.90. The predicted octanol–water partition coefficient (Wildman–Crippen LogP) is 1.28. The average Bonchev–Trinajstić information content (AvgIpc) is 2.13. The molecule has 0 aliphatic rings. The van der Waals surface area contributed by atoms with Gasteiger partial charge in [-0.3, -0.25) is 0 Å². The topological polar surface area (TPSA) is 44.5 Å². The molecular weight excluding hydrogens is 182 g/mol. The zero-order valence-corrected chi connectivity index (χ0v) is 9.71. The Bertz CT molecular complexity index is 97.6. The van der Waals surface area contributed by atoms with Gasteiger partial charge in [0.15, 0.2) is 6.29 Å². The Labute approximate surface area is 83.8 Å². The van der Waals surface area contributed by atoms with Crippen LogP contribution in [-0.2, 0) is 9.47 Å². The van der Waals surface area contributed by atoms with Gasteiger partial charge in [-0.1, -0.05) is 6.04 Å². The smallest absolute Gasteiger partial charge is 0.154 e. The maximum Gasteiger partial charge on any atom is 0.154 e. The largest absolute Gasteiger partial charge is 0.353 e. The van der Waals surface area contributed by atoms with Crippen molar-refractivity contribution in [2.75, 3.05) is 19.8 Å². The van der Waals surface area contributed by atoms with Gasteiger partial charge in [0.05, 0.1) is 0 Å². The van der Waals surface area contributed by atoms with Crippen LogP contribution >= 0.6 is 0 Å². The molecule has 0 aromatic carbocycles. The predicted molar refractivity (Wildman–Crippen MR) is 56.1 cm³/mol. The van der Waals surface area contributed by atoms with Crippen LogP contribution in [0.25, 0.3) is 0 Å². The first kappa shape index (κ1) is 13.1. The summed E-state index contributed by atoms with van der Waals surface area (Å²) in [5.41, 5.74) is 5.40. The van der Waals surface area contributed by atoms with Gasteiger partial charge in [-0.05, 0) is 32.9 Å². The van der Waals surface area contributed by atoms with Crippen molar-refractivity contribution >= 4 is 9.52 Å². The summed E-state index contributed by atoms with van der Waals surface area (Å²) in [5, 5.41) is 0. The standard InChI is InChI=1S/C9H21NO2Si/c1-3-11-9(12-4-2)8-13-7-5-6-10/h9H,3-8,10H2,1-2H3. The van der Waals surface area contributed by atoms with E-state index in [0.29, 0.717) is 0 Å². The highest BCUT2D eigenvalue weighted by Crippen LogP contribution is 2.03. The van der Waals surface area contributed by atoms with Crippen LogP contribution in [0.15, 0.2) is 0 Å². The fraction of sp³-hybridized carbons (Fsp3) is 1.00. The molecule has 0 saturated heterocycles. The van der Waals surface area contributed by atoms with E-state index in [0.717, 1.165) is 41.7 Å². The monoisotopic (exact) mass is 203 g/mol. The molecule has 0 fully saturated rings. The molecule has 0 atom stereocenters. The molecule has 0 aliphatic heterocycles. The minimum absolute atomic E-state index is 0.00566. The highest BCUT2D eigenvalue weighted by molar-refractivity contribution is 6.35. The van der Waals surface area contributed by atoms with Crippen molar-refractivity contribution in [3.8, 4) is 0 Å². The molecule has 4 heteroatoms. The molecule has 78 valence electrons. The molecule has 13 heavy (non-hydrogen) atoms. The summed E-state index contributed by atoms with van der Waals surface area (Å²) in [4.78, 5) is 0. The van der Waals surface area contributed by atoms with Crippen molar-refractivity contribution in [3.63, 3.8) is 0 Å². The Hall–Kier alpha value is 0.0969. The number of ether oxygens (including phenoxy) is 2. The molecule has 0 amide bonds. The van der Waals surface area contributed by atoms with Gasteiger partial charge in [-0.25, -0.2) is 0 Å². The highest BCUT2D eigenvalue weighted by Gasteiger charge is 2.06. The minimum Gasteiger partial charge on any atom is -0.353 e. The maximum atomic E-state index is 5.42. The van der Waals surface area contributed by atoms with Gasteiger partial charge in [0.1, 0.15) is 0 Å². The van der Waals surface area contributed by atoms with Crippen LogP contribution in [0.3, 0.4) is 0 Å². The van der Waals surface area contributed by atoms with Crippen molar-refractivity contribution in [1.82, 2.24) is 0 Å². The number of hydrogen-bond donors (Lipinski definition) is 1. The third-order valence-electron chi connectivity index (χ3n) is 1.57. The van der Waals surface area contributed by atoms with Gasteiger partial charge < -0.3 is 15.2 Å². The zero-order chi connectivity index (χ0) is 9.94. The van der Waals surface area contributed by atoms with E-state index in [-0.39, 0.29) is 6.29 Å². The number of rotatable bonds is 9. The minimum atomic E-state index is 0.00566. The van der Waals surface area contributed by atoms with Crippen LogP contribution < -0.4 is 5.73 Å². The van der Waals surface area contributed by atoms with Crippen molar-refractivity contribution in [3.05, 3.63) is 0 Å². The Morgan fingerprint density at radius 3 is 2.31 bits per heavy atom. The second-order valence-electron chi connectivity index (χ2n) is 2.69. The zero-order valence-electron chi connectivity index (χ0n) is 8.71. The molecule has 0 heterocycles. The third kappa shape index (κ3) is 8.43. The van der Waals surface area contributed by atoms with E-state index < -0.39 is 0 Å². The lowest BCUT2D eigenvalue weighted by Gasteiger charge is -2.15. The SMILES string of the molecule is CCOC(C[Si]CCCN)OCC. The van der Waals surface area contributed by atoms with Crippen molar-refractivity contribution in [2.24, 2.45) is 5.73 Å². The molecule has 3 nitrogen and oxygen atoms in total. The van der Waals surface area contributed by atoms with Gasteiger partial charge in [-0.2, -0.15) is 0 Å². The van der Waals surface area contributed by atoms with Gasteiger partial charge in [0, 0.05) is 22.7 Å². The van der Waals surface area contributed by atoms with Crippen molar-refractivity contribution in [2.45, 2.75) is 38.6 Å². The Morgan fingerprint density at radius 1 is 1.23 bits per heavy atom. The molecular formula is C9H21NO2Si. The number of hydrogen-bond acceptors (Lipinski definition) is 3. The Balaban J connectivity index is 3.33. The summed E-state index contributed by atoms with van der Waals surface area (Å²) in [6.07, 6.45) is 1.12. The Kier molecular flexibility index (Phi) is 10.3. The average molecular weight is 203 g/mol.